The van der Waals surface area contributed by atoms with Crippen LogP contribution in [-0.4, -0.2) is 30.5 Å². The second-order valence-corrected chi connectivity index (χ2v) is 9.36. The Hall–Kier alpha value is -4.28. The number of ether oxygens (including phenoxy) is 1. The molecule has 0 radical (unpaired) electrons. The van der Waals surface area contributed by atoms with Gasteiger partial charge < -0.3 is 10.1 Å². The van der Waals surface area contributed by atoms with Gasteiger partial charge in [-0.3, -0.25) is 19.1 Å². The third-order valence-electron chi connectivity index (χ3n) is 5.20. The molecule has 11 heteroatoms. The number of amides is 1. The number of hydrogen-bond acceptors (Lipinski definition) is 7. The molecule has 0 spiro atoms. The summed E-state index contributed by atoms with van der Waals surface area (Å²) < 4.78 is 9.78. The van der Waals surface area contributed by atoms with Gasteiger partial charge in [0.2, 0.25) is 0 Å². The van der Waals surface area contributed by atoms with Crippen molar-refractivity contribution in [2.75, 3.05) is 0 Å². The van der Waals surface area contributed by atoms with E-state index in [0.717, 1.165) is 5.56 Å². The summed E-state index contributed by atoms with van der Waals surface area (Å²) in [4.78, 5) is 29.2. The number of carbonyl (C=O) groups excluding carboxylic acids is 1. The summed E-state index contributed by atoms with van der Waals surface area (Å²) in [6.07, 6.45) is 6.80. The Balaban J connectivity index is 1.40. The average Bonchev–Trinajstić information content (AvgIpc) is 3.56. The van der Waals surface area contributed by atoms with Crippen LogP contribution in [0.3, 0.4) is 0 Å². The maximum atomic E-state index is 12.3. The van der Waals surface area contributed by atoms with Crippen LogP contribution in [0.15, 0.2) is 90.2 Å². The van der Waals surface area contributed by atoms with E-state index < -0.39 is 0 Å². The number of thiophene rings is 1. The predicted octanol–water partition coefficient (Wildman–Crippen LogP) is 4.04. The maximum absolute atomic E-state index is 12.3. The summed E-state index contributed by atoms with van der Waals surface area (Å²) in [5, 5.41) is 11.2. The zero-order valence-electron chi connectivity index (χ0n) is 18.7. The Labute approximate surface area is 214 Å². The minimum atomic E-state index is -0.236. The van der Waals surface area contributed by atoms with Gasteiger partial charge in [-0.2, -0.15) is 0 Å². The molecule has 0 saturated carbocycles. The normalized spacial score (nSPS) is 10.8. The van der Waals surface area contributed by atoms with Gasteiger partial charge in [-0.15, -0.1) is 16.4 Å². The van der Waals surface area contributed by atoms with Crippen molar-refractivity contribution in [3.8, 4) is 17.1 Å². The van der Waals surface area contributed by atoms with Gasteiger partial charge in [-0.1, -0.05) is 22.9 Å². The first kappa shape index (κ1) is 23.5. The maximum Gasteiger partial charge on any atom is 0.261 e. The number of halogens is 1. The van der Waals surface area contributed by atoms with Crippen LogP contribution in [0, 0.1) is 0 Å². The van der Waals surface area contributed by atoms with Crippen molar-refractivity contribution in [2.24, 2.45) is 0 Å². The van der Waals surface area contributed by atoms with Gasteiger partial charge in [0.25, 0.3) is 11.5 Å². The Morgan fingerprint density at radius 2 is 1.94 bits per heavy atom. The summed E-state index contributed by atoms with van der Waals surface area (Å²) in [5.41, 5.74) is 2.63. The van der Waals surface area contributed by atoms with E-state index in [0.29, 0.717) is 38.6 Å². The van der Waals surface area contributed by atoms with Crippen molar-refractivity contribution in [3.63, 3.8) is 0 Å². The highest BCUT2D eigenvalue weighted by atomic mass is 35.5. The lowest BCUT2D eigenvalue weighted by molar-refractivity contribution is 0.0954. The third kappa shape index (κ3) is 5.35. The average molecular weight is 519 g/mol. The van der Waals surface area contributed by atoms with E-state index in [1.807, 2.05) is 12.1 Å². The second kappa shape index (κ2) is 10.5. The van der Waals surface area contributed by atoms with E-state index in [1.54, 1.807) is 71.9 Å². The molecule has 1 aromatic carbocycles. The Morgan fingerprint density at radius 1 is 1.08 bits per heavy atom. The minimum absolute atomic E-state index is 0.156. The molecule has 0 fully saturated rings. The molecule has 1 amide bonds. The highest BCUT2D eigenvalue weighted by molar-refractivity contribution is 7.17. The second-order valence-electron chi connectivity index (χ2n) is 7.65. The Kier molecular flexibility index (Phi) is 6.87. The fraction of sp³-hybridized carbons (Fsp3) is 0.0800. The van der Waals surface area contributed by atoms with Crippen LogP contribution in [0.25, 0.3) is 11.4 Å². The SMILES string of the molecule is O=C(NCc1cn(-c2ccc(-n3ccccc3=O)cc2OCc2ccncc2)nn1)c1ccc(Cl)s1. The van der Waals surface area contributed by atoms with Gasteiger partial charge in [-0.05, 0) is 48.0 Å². The number of nitrogens with one attached hydrogen (secondary N) is 1. The Morgan fingerprint density at radius 3 is 2.72 bits per heavy atom. The van der Waals surface area contributed by atoms with Crippen LogP contribution < -0.4 is 15.6 Å². The standard InChI is InChI=1S/C25H19ClN6O3S/c26-23-7-6-22(36-23)25(34)28-14-18-15-32(30-29-18)20-5-4-19(31-12-2-1-3-24(31)33)13-21(20)35-16-17-8-10-27-11-9-17/h1-13,15H,14,16H2,(H,28,34). The molecular formula is C25H19ClN6O3S. The van der Waals surface area contributed by atoms with E-state index in [1.165, 1.54) is 22.0 Å². The van der Waals surface area contributed by atoms with Crippen molar-refractivity contribution in [1.29, 1.82) is 0 Å². The molecule has 0 aliphatic rings. The molecule has 0 atom stereocenters. The summed E-state index contributed by atoms with van der Waals surface area (Å²) in [5.74, 6) is 0.272. The number of rotatable bonds is 8. The quantitative estimate of drug-likeness (QED) is 0.332. The van der Waals surface area contributed by atoms with E-state index in [2.05, 4.69) is 20.6 Å². The van der Waals surface area contributed by atoms with Crippen LogP contribution in [0.1, 0.15) is 20.9 Å². The molecule has 5 aromatic rings. The topological polar surface area (TPSA) is 104 Å². The summed E-state index contributed by atoms with van der Waals surface area (Å²) in [7, 11) is 0. The van der Waals surface area contributed by atoms with Crippen molar-refractivity contribution >= 4 is 28.8 Å². The number of pyridine rings is 2. The van der Waals surface area contributed by atoms with Gasteiger partial charge in [0, 0.05) is 30.7 Å². The monoisotopic (exact) mass is 518 g/mol. The molecule has 0 aliphatic heterocycles. The number of aromatic nitrogens is 5. The number of hydrogen-bond donors (Lipinski definition) is 1. The Bertz CT molecular complexity index is 1560. The molecule has 0 saturated heterocycles. The van der Waals surface area contributed by atoms with Gasteiger partial charge in [0.05, 0.1) is 27.6 Å². The lowest BCUT2D eigenvalue weighted by atomic mass is 10.2. The first-order chi connectivity index (χ1) is 17.6. The van der Waals surface area contributed by atoms with Crippen LogP contribution in [0.2, 0.25) is 4.34 Å². The minimum Gasteiger partial charge on any atom is -0.487 e. The summed E-state index contributed by atoms with van der Waals surface area (Å²) in [6.45, 7) is 0.489. The fourth-order valence-electron chi connectivity index (χ4n) is 3.43. The smallest absolute Gasteiger partial charge is 0.261 e. The highest BCUT2D eigenvalue weighted by Gasteiger charge is 2.14. The first-order valence-corrected chi connectivity index (χ1v) is 12.1. The zero-order chi connectivity index (χ0) is 24.9. The molecule has 5 rings (SSSR count). The third-order valence-corrected chi connectivity index (χ3v) is 6.43. The lowest BCUT2D eigenvalue weighted by Crippen LogP contribution is -2.21. The number of benzene rings is 1. The summed E-state index contributed by atoms with van der Waals surface area (Å²) >= 11 is 7.12. The summed E-state index contributed by atoms with van der Waals surface area (Å²) in [6, 6.07) is 17.4. The van der Waals surface area contributed by atoms with Crippen molar-refractivity contribution < 1.29 is 9.53 Å². The van der Waals surface area contributed by atoms with Gasteiger partial charge in [-0.25, -0.2) is 4.68 Å². The van der Waals surface area contributed by atoms with Crippen LogP contribution in [0.4, 0.5) is 0 Å². The molecule has 4 heterocycles. The predicted molar refractivity (Wildman–Crippen MR) is 136 cm³/mol. The van der Waals surface area contributed by atoms with Crippen molar-refractivity contribution in [2.45, 2.75) is 13.2 Å². The van der Waals surface area contributed by atoms with E-state index in [-0.39, 0.29) is 18.0 Å². The number of nitrogens with zero attached hydrogens (tertiary/aromatic N) is 5. The van der Waals surface area contributed by atoms with E-state index in [9.17, 15) is 9.59 Å². The van der Waals surface area contributed by atoms with Crippen LogP contribution >= 0.6 is 22.9 Å². The van der Waals surface area contributed by atoms with Crippen LogP contribution in [0.5, 0.6) is 5.75 Å². The molecular weight excluding hydrogens is 500 g/mol. The first-order valence-electron chi connectivity index (χ1n) is 10.9. The van der Waals surface area contributed by atoms with Gasteiger partial charge >= 0.3 is 0 Å². The molecule has 36 heavy (non-hydrogen) atoms. The van der Waals surface area contributed by atoms with Gasteiger partial charge in [0.1, 0.15) is 23.7 Å². The molecule has 9 nitrogen and oxygen atoms in total. The number of carbonyl (C=O) groups is 1. The van der Waals surface area contributed by atoms with E-state index >= 15 is 0 Å². The molecule has 0 bridgehead atoms. The molecule has 1 N–H and O–H groups in total. The lowest BCUT2D eigenvalue weighted by Gasteiger charge is -2.14. The zero-order valence-corrected chi connectivity index (χ0v) is 20.3. The highest BCUT2D eigenvalue weighted by Crippen LogP contribution is 2.27. The largest absolute Gasteiger partial charge is 0.487 e. The van der Waals surface area contributed by atoms with Crippen molar-refractivity contribution in [3.05, 3.63) is 116 Å². The van der Waals surface area contributed by atoms with Crippen molar-refractivity contribution in [1.82, 2.24) is 29.9 Å². The molecule has 0 aliphatic carbocycles. The van der Waals surface area contributed by atoms with Crippen LogP contribution in [-0.2, 0) is 13.2 Å². The fourth-order valence-corrected chi connectivity index (χ4v) is 4.39. The molecule has 4 aromatic heterocycles. The molecule has 0 unspecified atom stereocenters. The van der Waals surface area contributed by atoms with Gasteiger partial charge in [0.15, 0.2) is 0 Å². The van der Waals surface area contributed by atoms with E-state index in [4.69, 9.17) is 16.3 Å². The molecule has 180 valence electrons.